The molecule has 0 amide bonds. The van der Waals surface area contributed by atoms with Gasteiger partial charge in [-0.15, -0.1) is 0 Å². The monoisotopic (exact) mass is 198 g/mol. The van der Waals surface area contributed by atoms with Gasteiger partial charge >= 0.3 is 0 Å². The largest absolute Gasteiger partial charge is 0.512 e. The van der Waals surface area contributed by atoms with Gasteiger partial charge in [0, 0.05) is 0 Å². The van der Waals surface area contributed by atoms with Gasteiger partial charge in [0.2, 0.25) is 0 Å². The molecular weight excluding hydrogens is 180 g/mol. The molecule has 0 aliphatic heterocycles. The van der Waals surface area contributed by atoms with Crippen LogP contribution in [0, 0.1) is 5.41 Å². The Morgan fingerprint density at radius 1 is 1.29 bits per heavy atom. The van der Waals surface area contributed by atoms with Crippen molar-refractivity contribution in [3.8, 4) is 0 Å². The zero-order valence-electron chi connectivity index (χ0n) is 8.86. The van der Waals surface area contributed by atoms with Gasteiger partial charge in [0.1, 0.15) is 5.76 Å². The van der Waals surface area contributed by atoms with Crippen LogP contribution in [-0.2, 0) is 0 Å². The number of aliphatic hydroxyl groups is 3. The Morgan fingerprint density at radius 3 is 2.29 bits per heavy atom. The number of rotatable bonds is 2. The summed E-state index contributed by atoms with van der Waals surface area (Å²) >= 11 is 0. The molecular formula is C11H18O3. The Hall–Kier alpha value is -0.800. The average Bonchev–Trinajstić information content (AvgIpc) is 2.09. The summed E-state index contributed by atoms with van der Waals surface area (Å²) in [4.78, 5) is 0. The SMILES string of the molecule is CC(O)C1=CC=C(O)C(C)(C(C)O)C1. The minimum absolute atomic E-state index is 0.178. The van der Waals surface area contributed by atoms with E-state index in [2.05, 4.69) is 0 Å². The van der Waals surface area contributed by atoms with Crippen LogP contribution in [-0.4, -0.2) is 27.5 Å². The quantitative estimate of drug-likeness (QED) is 0.630. The van der Waals surface area contributed by atoms with Crippen molar-refractivity contribution in [3.63, 3.8) is 0 Å². The molecule has 14 heavy (non-hydrogen) atoms. The third-order valence-corrected chi connectivity index (χ3v) is 3.07. The zero-order valence-corrected chi connectivity index (χ0v) is 8.86. The van der Waals surface area contributed by atoms with Crippen LogP contribution in [0.3, 0.4) is 0 Å². The minimum Gasteiger partial charge on any atom is -0.512 e. The van der Waals surface area contributed by atoms with Crippen molar-refractivity contribution < 1.29 is 15.3 Å². The molecule has 0 heterocycles. The first-order chi connectivity index (χ1) is 6.38. The topological polar surface area (TPSA) is 60.7 Å². The van der Waals surface area contributed by atoms with Crippen molar-refractivity contribution in [1.29, 1.82) is 0 Å². The molecule has 3 atom stereocenters. The van der Waals surface area contributed by atoms with Crippen LogP contribution in [0.1, 0.15) is 27.2 Å². The maximum Gasteiger partial charge on any atom is 0.101 e. The van der Waals surface area contributed by atoms with Crippen molar-refractivity contribution in [2.75, 3.05) is 0 Å². The van der Waals surface area contributed by atoms with Crippen molar-refractivity contribution in [2.24, 2.45) is 5.41 Å². The van der Waals surface area contributed by atoms with Crippen LogP contribution in [0.15, 0.2) is 23.5 Å². The van der Waals surface area contributed by atoms with Crippen LogP contribution < -0.4 is 0 Å². The highest BCUT2D eigenvalue weighted by molar-refractivity contribution is 5.29. The standard InChI is InChI=1S/C11H18O3/c1-7(12)9-4-5-10(14)11(3,6-9)8(2)13/h4-5,7-8,12-14H,6H2,1-3H3. The van der Waals surface area contributed by atoms with Crippen LogP contribution in [0.5, 0.6) is 0 Å². The molecule has 0 spiro atoms. The number of allylic oxidation sites excluding steroid dienone is 2. The highest BCUT2D eigenvalue weighted by Crippen LogP contribution is 2.39. The fourth-order valence-electron chi connectivity index (χ4n) is 1.60. The first-order valence-electron chi connectivity index (χ1n) is 4.84. The summed E-state index contributed by atoms with van der Waals surface area (Å²) < 4.78 is 0. The van der Waals surface area contributed by atoms with E-state index >= 15 is 0 Å². The molecule has 3 unspecified atom stereocenters. The van der Waals surface area contributed by atoms with Gasteiger partial charge in [-0.1, -0.05) is 6.08 Å². The van der Waals surface area contributed by atoms with E-state index < -0.39 is 17.6 Å². The first-order valence-corrected chi connectivity index (χ1v) is 4.84. The maximum atomic E-state index is 9.67. The van der Waals surface area contributed by atoms with Gasteiger partial charge in [0.25, 0.3) is 0 Å². The number of aliphatic hydroxyl groups excluding tert-OH is 3. The van der Waals surface area contributed by atoms with Gasteiger partial charge in [-0.3, -0.25) is 0 Å². The van der Waals surface area contributed by atoms with Crippen LogP contribution in [0.25, 0.3) is 0 Å². The molecule has 80 valence electrons. The number of hydrogen-bond acceptors (Lipinski definition) is 3. The second-order valence-electron chi connectivity index (χ2n) is 4.24. The van der Waals surface area contributed by atoms with Crippen molar-refractivity contribution in [3.05, 3.63) is 23.5 Å². The van der Waals surface area contributed by atoms with E-state index in [1.165, 1.54) is 0 Å². The van der Waals surface area contributed by atoms with Gasteiger partial charge in [0.05, 0.1) is 17.6 Å². The lowest BCUT2D eigenvalue weighted by Crippen LogP contribution is -2.35. The van der Waals surface area contributed by atoms with Gasteiger partial charge in [-0.2, -0.15) is 0 Å². The molecule has 1 rings (SSSR count). The molecule has 0 bridgehead atoms. The normalized spacial score (nSPS) is 31.8. The van der Waals surface area contributed by atoms with Crippen molar-refractivity contribution in [1.82, 2.24) is 0 Å². The lowest BCUT2D eigenvalue weighted by atomic mass is 9.73. The molecule has 0 aromatic carbocycles. The van der Waals surface area contributed by atoms with Gasteiger partial charge in [0.15, 0.2) is 0 Å². The Balaban J connectivity index is 2.97. The van der Waals surface area contributed by atoms with Crippen molar-refractivity contribution in [2.45, 2.75) is 39.4 Å². The van der Waals surface area contributed by atoms with Crippen LogP contribution in [0.4, 0.5) is 0 Å². The molecule has 3 nitrogen and oxygen atoms in total. The number of hydrogen-bond donors (Lipinski definition) is 3. The molecule has 0 saturated heterocycles. The Labute approximate surface area is 84.4 Å². The predicted molar refractivity (Wildman–Crippen MR) is 54.9 cm³/mol. The van der Waals surface area contributed by atoms with E-state index in [9.17, 15) is 15.3 Å². The van der Waals surface area contributed by atoms with E-state index in [4.69, 9.17) is 0 Å². The summed E-state index contributed by atoms with van der Waals surface area (Å²) in [6.07, 6.45) is 2.59. The summed E-state index contributed by atoms with van der Waals surface area (Å²) in [6.45, 7) is 5.12. The highest BCUT2D eigenvalue weighted by Gasteiger charge is 2.37. The third kappa shape index (κ3) is 1.83. The fraction of sp³-hybridized carbons (Fsp3) is 0.636. The second kappa shape index (κ2) is 3.75. The first kappa shape index (κ1) is 11.3. The Bertz CT molecular complexity index is 276. The predicted octanol–water partition coefficient (Wildman–Crippen LogP) is 1.53. The van der Waals surface area contributed by atoms with Gasteiger partial charge in [-0.25, -0.2) is 0 Å². The summed E-state index contributed by atoms with van der Waals surface area (Å²) in [5, 5.41) is 28.7. The van der Waals surface area contributed by atoms with E-state index in [0.29, 0.717) is 6.42 Å². The molecule has 3 N–H and O–H groups in total. The van der Waals surface area contributed by atoms with E-state index in [-0.39, 0.29) is 5.76 Å². The molecule has 1 aliphatic rings. The van der Waals surface area contributed by atoms with E-state index in [1.807, 2.05) is 0 Å². The summed E-state index contributed by atoms with van der Waals surface area (Å²) in [5.74, 6) is 0.178. The molecule has 0 aromatic rings. The van der Waals surface area contributed by atoms with Crippen molar-refractivity contribution >= 4 is 0 Å². The van der Waals surface area contributed by atoms with Crippen LogP contribution in [0.2, 0.25) is 0 Å². The molecule has 3 heteroatoms. The van der Waals surface area contributed by atoms with E-state index in [1.54, 1.807) is 32.9 Å². The van der Waals surface area contributed by atoms with Gasteiger partial charge < -0.3 is 15.3 Å². The lowest BCUT2D eigenvalue weighted by molar-refractivity contribution is 0.0421. The fourth-order valence-corrected chi connectivity index (χ4v) is 1.60. The second-order valence-corrected chi connectivity index (χ2v) is 4.24. The summed E-state index contributed by atoms with van der Waals surface area (Å²) in [6, 6.07) is 0. The zero-order chi connectivity index (χ0) is 10.9. The smallest absolute Gasteiger partial charge is 0.101 e. The molecule has 0 fully saturated rings. The summed E-state index contributed by atoms with van der Waals surface area (Å²) in [7, 11) is 0. The maximum absolute atomic E-state index is 9.67. The lowest BCUT2D eigenvalue weighted by Gasteiger charge is -2.35. The molecule has 0 saturated carbocycles. The van der Waals surface area contributed by atoms with E-state index in [0.717, 1.165) is 5.57 Å². The Kier molecular flexibility index (Phi) is 3.02. The Morgan fingerprint density at radius 2 is 1.86 bits per heavy atom. The molecule has 1 aliphatic carbocycles. The van der Waals surface area contributed by atoms with Crippen LogP contribution >= 0.6 is 0 Å². The summed E-state index contributed by atoms with van der Waals surface area (Å²) in [5.41, 5.74) is 0.173. The molecule has 0 radical (unpaired) electrons. The third-order valence-electron chi connectivity index (χ3n) is 3.07. The average molecular weight is 198 g/mol. The minimum atomic E-state index is -0.666. The highest BCUT2D eigenvalue weighted by atomic mass is 16.3. The van der Waals surface area contributed by atoms with Gasteiger partial charge in [-0.05, 0) is 38.8 Å². The molecule has 0 aromatic heterocycles.